The van der Waals surface area contributed by atoms with Gasteiger partial charge in [-0.15, -0.1) is 11.8 Å². The minimum absolute atomic E-state index is 0.0271. The highest BCUT2D eigenvalue weighted by Crippen LogP contribution is 2.19. The van der Waals surface area contributed by atoms with Gasteiger partial charge in [-0.2, -0.15) is 0 Å². The van der Waals surface area contributed by atoms with Crippen molar-refractivity contribution in [1.29, 1.82) is 0 Å². The summed E-state index contributed by atoms with van der Waals surface area (Å²) in [4.78, 5) is 25.6. The average molecular weight is 309 g/mol. The number of benzene rings is 1. The number of nitrogens with zero attached hydrogens (tertiary/aromatic N) is 1. The predicted molar refractivity (Wildman–Crippen MR) is 80.5 cm³/mol. The van der Waals surface area contributed by atoms with Crippen LogP contribution in [0.1, 0.15) is 12.0 Å². The molecule has 2 rings (SSSR count). The van der Waals surface area contributed by atoms with Crippen LogP contribution in [0.15, 0.2) is 29.2 Å². The Morgan fingerprint density at radius 2 is 2.10 bits per heavy atom. The van der Waals surface area contributed by atoms with Crippen molar-refractivity contribution in [3.8, 4) is 0 Å². The molecule has 114 valence electrons. The standard InChI is InChI=1S/C15H19NO4S/c1-11-2-4-13(5-3-11)21-10-14(17)16-6-7-20-12(9-16)8-15(18)19/h2-5,12H,6-10H2,1H3,(H,18,19). The molecule has 21 heavy (non-hydrogen) atoms. The molecule has 1 aromatic carbocycles. The maximum atomic E-state index is 12.2. The van der Waals surface area contributed by atoms with E-state index in [-0.39, 0.29) is 12.3 Å². The first kappa shape index (κ1) is 15.9. The highest BCUT2D eigenvalue weighted by atomic mass is 32.2. The molecule has 0 aromatic heterocycles. The number of thioether (sulfide) groups is 1. The van der Waals surface area contributed by atoms with Crippen molar-refractivity contribution < 1.29 is 19.4 Å². The van der Waals surface area contributed by atoms with E-state index in [9.17, 15) is 9.59 Å². The fourth-order valence-electron chi connectivity index (χ4n) is 2.13. The lowest BCUT2D eigenvalue weighted by molar-refractivity contribution is -0.146. The van der Waals surface area contributed by atoms with E-state index >= 15 is 0 Å². The first-order valence-corrected chi connectivity index (χ1v) is 7.84. The second-order valence-electron chi connectivity index (χ2n) is 5.03. The van der Waals surface area contributed by atoms with Gasteiger partial charge in [0.2, 0.25) is 5.91 Å². The lowest BCUT2D eigenvalue weighted by Gasteiger charge is -2.32. The number of amides is 1. The zero-order valence-corrected chi connectivity index (χ0v) is 12.8. The predicted octanol–water partition coefficient (Wildman–Crippen LogP) is 1.79. The van der Waals surface area contributed by atoms with E-state index in [1.807, 2.05) is 31.2 Å². The van der Waals surface area contributed by atoms with Gasteiger partial charge in [0, 0.05) is 18.0 Å². The zero-order chi connectivity index (χ0) is 15.2. The monoisotopic (exact) mass is 309 g/mol. The molecule has 1 fully saturated rings. The first-order chi connectivity index (χ1) is 10.0. The number of hydrogen-bond donors (Lipinski definition) is 1. The summed E-state index contributed by atoms with van der Waals surface area (Å²) in [5.41, 5.74) is 1.19. The van der Waals surface area contributed by atoms with Gasteiger partial charge in [0.1, 0.15) is 0 Å². The van der Waals surface area contributed by atoms with Crippen LogP contribution < -0.4 is 0 Å². The molecule has 6 heteroatoms. The van der Waals surface area contributed by atoms with E-state index in [1.165, 1.54) is 17.3 Å². The highest BCUT2D eigenvalue weighted by molar-refractivity contribution is 8.00. The third kappa shape index (κ3) is 5.06. The number of carboxylic acid groups (broad SMARTS) is 1. The topological polar surface area (TPSA) is 66.8 Å². The third-order valence-electron chi connectivity index (χ3n) is 3.28. The van der Waals surface area contributed by atoms with Gasteiger partial charge >= 0.3 is 5.97 Å². The van der Waals surface area contributed by atoms with Gasteiger partial charge in [0.25, 0.3) is 0 Å². The van der Waals surface area contributed by atoms with Gasteiger partial charge in [-0.3, -0.25) is 9.59 Å². The van der Waals surface area contributed by atoms with Gasteiger partial charge in [-0.25, -0.2) is 0 Å². The number of morpholine rings is 1. The van der Waals surface area contributed by atoms with Crippen LogP contribution in [-0.4, -0.2) is 53.4 Å². The Balaban J connectivity index is 1.82. The van der Waals surface area contributed by atoms with Crippen molar-refractivity contribution in [3.05, 3.63) is 29.8 Å². The third-order valence-corrected chi connectivity index (χ3v) is 4.27. The Kier molecular flexibility index (Phi) is 5.64. The average Bonchev–Trinajstić information content (AvgIpc) is 2.46. The van der Waals surface area contributed by atoms with Crippen molar-refractivity contribution in [3.63, 3.8) is 0 Å². The van der Waals surface area contributed by atoms with Crippen LogP contribution in [-0.2, 0) is 14.3 Å². The lowest BCUT2D eigenvalue weighted by Crippen LogP contribution is -2.46. The smallest absolute Gasteiger partial charge is 0.306 e. The molecule has 1 aliphatic heterocycles. The fraction of sp³-hybridized carbons (Fsp3) is 0.467. The van der Waals surface area contributed by atoms with Crippen LogP contribution in [0.5, 0.6) is 0 Å². The molecule has 0 saturated carbocycles. The SMILES string of the molecule is Cc1ccc(SCC(=O)N2CCOC(CC(=O)O)C2)cc1. The Labute approximate surface area is 128 Å². The summed E-state index contributed by atoms with van der Waals surface area (Å²) in [6.45, 7) is 3.32. The van der Waals surface area contributed by atoms with E-state index in [0.29, 0.717) is 25.4 Å². The molecule has 0 spiro atoms. The zero-order valence-electron chi connectivity index (χ0n) is 11.9. The largest absolute Gasteiger partial charge is 0.481 e. The molecular weight excluding hydrogens is 290 g/mol. The first-order valence-electron chi connectivity index (χ1n) is 6.85. The van der Waals surface area contributed by atoms with Crippen LogP contribution >= 0.6 is 11.8 Å². The maximum Gasteiger partial charge on any atom is 0.306 e. The molecule has 1 N–H and O–H groups in total. The molecule has 1 saturated heterocycles. The Hall–Kier alpha value is -1.53. The van der Waals surface area contributed by atoms with E-state index in [2.05, 4.69) is 0 Å². The maximum absolute atomic E-state index is 12.2. The van der Waals surface area contributed by atoms with E-state index < -0.39 is 12.1 Å². The van der Waals surface area contributed by atoms with Gasteiger partial charge < -0.3 is 14.7 Å². The van der Waals surface area contributed by atoms with Crippen molar-refractivity contribution >= 4 is 23.6 Å². The van der Waals surface area contributed by atoms with E-state index in [1.54, 1.807) is 4.90 Å². The number of ether oxygens (including phenoxy) is 1. The van der Waals surface area contributed by atoms with Crippen LogP contribution in [0.25, 0.3) is 0 Å². The molecule has 1 unspecified atom stereocenters. The molecule has 0 bridgehead atoms. The summed E-state index contributed by atoms with van der Waals surface area (Å²) in [6, 6.07) is 8.04. The van der Waals surface area contributed by atoms with Gasteiger partial charge in [-0.05, 0) is 19.1 Å². The molecule has 0 radical (unpaired) electrons. The fourth-order valence-corrected chi connectivity index (χ4v) is 2.94. The second-order valence-corrected chi connectivity index (χ2v) is 6.08. The number of hydrogen-bond acceptors (Lipinski definition) is 4. The number of aryl methyl sites for hydroxylation is 1. The van der Waals surface area contributed by atoms with Crippen LogP contribution in [0.4, 0.5) is 0 Å². The minimum atomic E-state index is -0.900. The highest BCUT2D eigenvalue weighted by Gasteiger charge is 2.25. The summed E-state index contributed by atoms with van der Waals surface area (Å²) in [5.74, 6) is -0.509. The molecule has 1 heterocycles. The van der Waals surface area contributed by atoms with Crippen molar-refractivity contribution in [1.82, 2.24) is 4.90 Å². The molecule has 5 nitrogen and oxygen atoms in total. The summed E-state index contributed by atoms with van der Waals surface area (Å²) in [5, 5.41) is 8.78. The number of rotatable bonds is 5. The van der Waals surface area contributed by atoms with Gasteiger partial charge in [0.15, 0.2) is 0 Å². The molecular formula is C15H19NO4S. The lowest BCUT2D eigenvalue weighted by atomic mass is 10.2. The van der Waals surface area contributed by atoms with E-state index in [4.69, 9.17) is 9.84 Å². The van der Waals surface area contributed by atoms with Crippen molar-refractivity contribution in [2.24, 2.45) is 0 Å². The van der Waals surface area contributed by atoms with Crippen LogP contribution in [0.3, 0.4) is 0 Å². The molecule has 1 amide bonds. The number of aliphatic carboxylic acids is 1. The van der Waals surface area contributed by atoms with Crippen LogP contribution in [0, 0.1) is 6.92 Å². The minimum Gasteiger partial charge on any atom is -0.481 e. The van der Waals surface area contributed by atoms with E-state index in [0.717, 1.165) is 4.90 Å². The Morgan fingerprint density at radius 1 is 1.38 bits per heavy atom. The normalized spacial score (nSPS) is 18.5. The quantitative estimate of drug-likeness (QED) is 0.840. The summed E-state index contributed by atoms with van der Waals surface area (Å²) < 4.78 is 5.36. The number of carboxylic acids is 1. The second kappa shape index (κ2) is 7.47. The summed E-state index contributed by atoms with van der Waals surface area (Å²) >= 11 is 1.50. The molecule has 1 aromatic rings. The summed E-state index contributed by atoms with van der Waals surface area (Å²) in [6.07, 6.45) is -0.459. The molecule has 0 aliphatic carbocycles. The Bertz CT molecular complexity index is 503. The molecule has 1 aliphatic rings. The van der Waals surface area contributed by atoms with Crippen LogP contribution in [0.2, 0.25) is 0 Å². The summed E-state index contributed by atoms with van der Waals surface area (Å²) in [7, 11) is 0. The number of carbonyl (C=O) groups is 2. The van der Waals surface area contributed by atoms with Gasteiger partial charge in [0.05, 0.1) is 24.9 Å². The molecule has 1 atom stereocenters. The van der Waals surface area contributed by atoms with Crippen molar-refractivity contribution in [2.75, 3.05) is 25.4 Å². The number of carbonyl (C=O) groups excluding carboxylic acids is 1. The Morgan fingerprint density at radius 3 is 2.76 bits per heavy atom. The van der Waals surface area contributed by atoms with Gasteiger partial charge in [-0.1, -0.05) is 17.7 Å². The van der Waals surface area contributed by atoms with Crippen molar-refractivity contribution in [2.45, 2.75) is 24.3 Å².